The summed E-state index contributed by atoms with van der Waals surface area (Å²) in [5.74, 6) is -1.72. The number of thioether (sulfide) groups is 4. The number of aromatic nitrogens is 3. The molecule has 0 radical (unpaired) electrons. The number of nitrogens with one attached hydrogen (secondary N) is 1. The first kappa shape index (κ1) is 29.8. The van der Waals surface area contributed by atoms with Crippen LogP contribution < -0.4 is 16.8 Å². The number of hydrogen-bond donors (Lipinski definition) is 5. The highest BCUT2D eigenvalue weighted by Crippen LogP contribution is 2.44. The van der Waals surface area contributed by atoms with E-state index in [2.05, 4.69) is 25.4 Å². The monoisotopic (exact) mass is 648 g/mol. The summed E-state index contributed by atoms with van der Waals surface area (Å²) in [6, 6.07) is 0.817. The number of thiazole rings is 1. The van der Waals surface area contributed by atoms with Gasteiger partial charge in [-0.15, -0.1) is 23.5 Å². The van der Waals surface area contributed by atoms with E-state index in [0.717, 1.165) is 27.0 Å². The van der Waals surface area contributed by atoms with Crippen LogP contribution in [0.2, 0.25) is 4.34 Å². The number of nitrogens with zero attached hydrogens (tertiary/aromatic N) is 5. The summed E-state index contributed by atoms with van der Waals surface area (Å²) in [5.41, 5.74) is 11.2. The SMILES string of the molecule is Cc1cc(SCSC2=C(C(=O)O)N3C(=O)C(NC(=O)C(=NO)c4nc(N)sc4Cl)C3SC2)nc(SCCN)n1. The van der Waals surface area contributed by atoms with E-state index in [9.17, 15) is 24.7 Å². The molecule has 7 N–H and O–H groups in total. The molecule has 2 aromatic heterocycles. The predicted molar refractivity (Wildman–Crippen MR) is 154 cm³/mol. The molecule has 2 amide bonds. The quantitative estimate of drug-likeness (QED) is 0.0344. The molecule has 0 saturated carbocycles. The lowest BCUT2D eigenvalue weighted by Gasteiger charge is -2.49. The van der Waals surface area contributed by atoms with E-state index < -0.39 is 34.9 Å². The maximum Gasteiger partial charge on any atom is 0.353 e. The number of hydrogen-bond acceptors (Lipinski definition) is 15. The minimum absolute atomic E-state index is 0.0438. The largest absolute Gasteiger partial charge is 0.477 e. The van der Waals surface area contributed by atoms with Crippen LogP contribution in [-0.2, 0) is 14.4 Å². The number of anilines is 1. The number of fused-ring (bicyclic) bond motifs is 1. The molecule has 0 bridgehead atoms. The summed E-state index contributed by atoms with van der Waals surface area (Å²) in [6.07, 6.45) is 0. The van der Waals surface area contributed by atoms with Crippen LogP contribution in [0.3, 0.4) is 0 Å². The lowest BCUT2D eigenvalue weighted by Crippen LogP contribution is -2.71. The van der Waals surface area contributed by atoms with Gasteiger partial charge in [0.2, 0.25) is 0 Å². The van der Waals surface area contributed by atoms with Crippen LogP contribution in [0.25, 0.3) is 0 Å². The van der Waals surface area contributed by atoms with Gasteiger partial charge in [-0.3, -0.25) is 14.5 Å². The Balaban J connectivity index is 1.42. The molecular weight excluding hydrogens is 628 g/mol. The fourth-order valence-electron chi connectivity index (χ4n) is 3.54. The first-order valence-corrected chi connectivity index (χ1v) is 16.1. The van der Waals surface area contributed by atoms with Gasteiger partial charge in [0.15, 0.2) is 16.0 Å². The number of aliphatic carboxylic acids is 1. The second-order valence-electron chi connectivity index (χ2n) is 7.73. The Morgan fingerprint density at radius 1 is 1.31 bits per heavy atom. The van der Waals surface area contributed by atoms with Crippen molar-refractivity contribution in [2.24, 2.45) is 10.9 Å². The molecule has 2 atom stereocenters. The normalized spacial score (nSPS) is 19.1. The van der Waals surface area contributed by atoms with Crippen molar-refractivity contribution in [3.05, 3.63) is 32.4 Å². The number of carboxylic acid groups (broad SMARTS) is 1. The Labute approximate surface area is 248 Å². The Morgan fingerprint density at radius 3 is 2.72 bits per heavy atom. The molecule has 2 unspecified atom stereocenters. The van der Waals surface area contributed by atoms with Gasteiger partial charge >= 0.3 is 5.97 Å². The molecule has 0 aromatic carbocycles. The smallest absolute Gasteiger partial charge is 0.353 e. The Hall–Kier alpha value is -2.22. The highest BCUT2D eigenvalue weighted by molar-refractivity contribution is 8.18. The number of oxime groups is 1. The van der Waals surface area contributed by atoms with Gasteiger partial charge < -0.3 is 27.1 Å². The molecule has 1 saturated heterocycles. The molecule has 2 aliphatic heterocycles. The molecule has 0 aliphatic carbocycles. The van der Waals surface area contributed by atoms with Gasteiger partial charge in [-0.25, -0.2) is 19.7 Å². The minimum atomic E-state index is -1.24. The average molecular weight is 649 g/mol. The third-order valence-electron chi connectivity index (χ3n) is 5.16. The van der Waals surface area contributed by atoms with Crippen LogP contribution in [0.5, 0.6) is 0 Å². The standard InChI is InChI=1S/C20H21ClN8O5S5/c1-7-4-9(25-20(24-7)35-3-2-22)38-6-37-8-5-36-17-12(16(31)29(17)13(8)18(32)33)26-15(30)11(28-34)10-14(21)39-19(23)27-10/h4,12,17,34H,2-3,5-6,22H2,1H3,(H2,23,27)(H,26,30)(H,32,33). The summed E-state index contributed by atoms with van der Waals surface area (Å²) in [5, 5.41) is 26.0. The fraction of sp³-hybridized carbons (Fsp3) is 0.350. The maximum atomic E-state index is 13.0. The van der Waals surface area contributed by atoms with Crippen molar-refractivity contribution in [1.29, 1.82) is 0 Å². The maximum absolute atomic E-state index is 13.0. The summed E-state index contributed by atoms with van der Waals surface area (Å²) < 4.78 is 0.0438. The van der Waals surface area contributed by atoms with Crippen LogP contribution in [-0.4, -0.2) is 88.2 Å². The van der Waals surface area contributed by atoms with Gasteiger partial charge in [-0.05, 0) is 13.0 Å². The molecule has 2 aromatic rings. The number of rotatable bonds is 11. The molecule has 39 heavy (non-hydrogen) atoms. The van der Waals surface area contributed by atoms with Crippen molar-refractivity contribution < 1.29 is 24.7 Å². The van der Waals surface area contributed by atoms with E-state index in [1.807, 2.05) is 13.0 Å². The summed E-state index contributed by atoms with van der Waals surface area (Å²) in [7, 11) is 0. The number of nitrogen functional groups attached to an aromatic ring is 1. The predicted octanol–water partition coefficient (Wildman–Crippen LogP) is 1.89. The number of aryl methyl sites for hydroxylation is 1. The van der Waals surface area contributed by atoms with Gasteiger partial charge in [0.25, 0.3) is 11.8 Å². The first-order chi connectivity index (χ1) is 18.6. The third-order valence-corrected chi connectivity index (χ3v) is 10.7. The van der Waals surface area contributed by atoms with Gasteiger partial charge in [0.05, 0.1) is 0 Å². The van der Waals surface area contributed by atoms with Crippen molar-refractivity contribution in [1.82, 2.24) is 25.2 Å². The van der Waals surface area contributed by atoms with Gasteiger partial charge in [0, 0.05) is 33.7 Å². The van der Waals surface area contributed by atoms with E-state index in [-0.39, 0.29) is 20.9 Å². The zero-order chi connectivity index (χ0) is 28.3. The van der Waals surface area contributed by atoms with E-state index in [1.54, 1.807) is 0 Å². The van der Waals surface area contributed by atoms with Crippen molar-refractivity contribution in [3.8, 4) is 0 Å². The molecule has 1 fully saturated rings. The number of halogens is 1. The van der Waals surface area contributed by atoms with Crippen LogP contribution in [0.4, 0.5) is 5.13 Å². The lowest BCUT2D eigenvalue weighted by atomic mass is 10.0. The highest BCUT2D eigenvalue weighted by atomic mass is 35.5. The van der Waals surface area contributed by atoms with E-state index >= 15 is 0 Å². The summed E-state index contributed by atoms with van der Waals surface area (Å²) in [4.78, 5) is 52.3. The zero-order valence-corrected chi connectivity index (χ0v) is 24.8. The van der Waals surface area contributed by atoms with Crippen molar-refractivity contribution in [2.45, 2.75) is 28.5 Å². The summed E-state index contributed by atoms with van der Waals surface area (Å²) in [6.45, 7) is 2.38. The second-order valence-corrected chi connectivity index (χ2v) is 14.0. The molecule has 0 spiro atoms. The van der Waals surface area contributed by atoms with Crippen molar-refractivity contribution in [2.75, 3.05) is 28.9 Å². The number of amides is 2. The average Bonchev–Trinajstić information content (AvgIpc) is 3.22. The zero-order valence-electron chi connectivity index (χ0n) is 20.0. The van der Waals surface area contributed by atoms with E-state index in [4.69, 9.17) is 23.1 Å². The number of carbonyl (C=O) groups is 3. The number of nitrogens with two attached hydrogens (primary N) is 2. The molecule has 208 valence electrons. The fourth-order valence-corrected chi connectivity index (χ4v) is 8.94. The second kappa shape index (κ2) is 13.0. The van der Waals surface area contributed by atoms with Crippen molar-refractivity contribution >= 4 is 98.6 Å². The van der Waals surface area contributed by atoms with Gasteiger partial charge in [-0.2, -0.15) is 0 Å². The third kappa shape index (κ3) is 6.58. The Bertz CT molecular complexity index is 1370. The molecule has 13 nitrogen and oxygen atoms in total. The number of carbonyl (C=O) groups excluding carboxylic acids is 2. The van der Waals surface area contributed by atoms with E-state index in [1.165, 1.54) is 47.0 Å². The van der Waals surface area contributed by atoms with Crippen LogP contribution in [0.1, 0.15) is 11.4 Å². The van der Waals surface area contributed by atoms with Crippen LogP contribution in [0, 0.1) is 6.92 Å². The lowest BCUT2D eigenvalue weighted by molar-refractivity contribution is -0.150. The highest BCUT2D eigenvalue weighted by Gasteiger charge is 2.54. The summed E-state index contributed by atoms with van der Waals surface area (Å²) >= 11 is 12.4. The Morgan fingerprint density at radius 2 is 2.08 bits per heavy atom. The number of β-lactam (4-membered cyclic amide) rings is 1. The first-order valence-electron chi connectivity index (χ1n) is 10.9. The molecule has 4 heterocycles. The van der Waals surface area contributed by atoms with Crippen LogP contribution in [0.15, 0.2) is 32.0 Å². The van der Waals surface area contributed by atoms with E-state index in [0.29, 0.717) is 33.2 Å². The van der Waals surface area contributed by atoms with Crippen LogP contribution >= 0.6 is 70.0 Å². The Kier molecular flexibility index (Phi) is 9.89. The molecule has 2 aliphatic rings. The minimum Gasteiger partial charge on any atom is -0.477 e. The topological polar surface area (TPSA) is 210 Å². The number of carboxylic acids is 1. The molecule has 4 rings (SSSR count). The molecular formula is C20H21ClN8O5S5. The van der Waals surface area contributed by atoms with Crippen molar-refractivity contribution in [3.63, 3.8) is 0 Å². The van der Waals surface area contributed by atoms with Gasteiger partial charge in [0.1, 0.15) is 32.2 Å². The molecule has 19 heteroatoms. The van der Waals surface area contributed by atoms with Gasteiger partial charge in [-0.1, -0.05) is 51.6 Å².